The van der Waals surface area contributed by atoms with Crippen LogP contribution in [0, 0.1) is 0 Å². The molecule has 0 aliphatic carbocycles. The van der Waals surface area contributed by atoms with Crippen molar-refractivity contribution in [2.24, 2.45) is 0 Å². The summed E-state index contributed by atoms with van der Waals surface area (Å²) in [6.07, 6.45) is -5.44. The van der Waals surface area contributed by atoms with E-state index in [1.807, 2.05) is 24.3 Å². The molecule has 1 aliphatic heterocycles. The molecule has 0 bridgehead atoms. The molecule has 11 heteroatoms. The lowest BCUT2D eigenvalue weighted by atomic mass is 9.79. The minimum atomic E-state index is -4.45. The van der Waals surface area contributed by atoms with Crippen molar-refractivity contribution in [3.8, 4) is 11.1 Å². The molecule has 5 rings (SSSR count). The van der Waals surface area contributed by atoms with Gasteiger partial charge >= 0.3 is 19.5 Å². The number of likely N-dealkylation sites (tertiary alicyclic amines) is 1. The Bertz CT molecular complexity index is 1430. The van der Waals surface area contributed by atoms with E-state index in [9.17, 15) is 26.3 Å². The first kappa shape index (κ1) is 29.7. The van der Waals surface area contributed by atoms with E-state index in [1.54, 1.807) is 6.07 Å². The van der Waals surface area contributed by atoms with E-state index in [2.05, 4.69) is 11.8 Å². The minimum absolute atomic E-state index is 0.171. The predicted octanol–water partition coefficient (Wildman–Crippen LogP) is 6.53. The fraction of sp³-hybridized carbons (Fsp3) is 0.310. The Morgan fingerprint density at radius 3 is 2.12 bits per heavy atom. The zero-order valence-electron chi connectivity index (χ0n) is 21.6. The van der Waals surface area contributed by atoms with E-state index in [-0.39, 0.29) is 5.46 Å². The van der Waals surface area contributed by atoms with Crippen molar-refractivity contribution in [3.05, 3.63) is 89.7 Å². The highest BCUT2D eigenvalue weighted by Crippen LogP contribution is 2.33. The van der Waals surface area contributed by atoms with Gasteiger partial charge in [0.25, 0.3) is 0 Å². The van der Waals surface area contributed by atoms with Crippen LogP contribution in [-0.2, 0) is 18.8 Å². The zero-order valence-corrected chi connectivity index (χ0v) is 21.6. The smallest absolute Gasteiger partial charge is 0.461 e. The molecular formula is C29H28BF6NO3. The fourth-order valence-electron chi connectivity index (χ4n) is 4.73. The first-order valence-electron chi connectivity index (χ1n) is 12.8. The summed E-state index contributed by atoms with van der Waals surface area (Å²) in [5, 5.41) is 18.1. The molecule has 212 valence electrons. The Kier molecular flexibility index (Phi) is 8.97. The molecule has 1 saturated heterocycles. The number of furan rings is 1. The molecule has 3 aromatic carbocycles. The summed E-state index contributed by atoms with van der Waals surface area (Å²) in [5.74, 6) is 0.922. The van der Waals surface area contributed by atoms with Crippen LogP contribution in [-0.4, -0.2) is 41.2 Å². The number of halogens is 6. The molecule has 0 spiro atoms. The van der Waals surface area contributed by atoms with Gasteiger partial charge in [-0.25, -0.2) is 0 Å². The predicted molar refractivity (Wildman–Crippen MR) is 142 cm³/mol. The quantitative estimate of drug-likeness (QED) is 0.214. The molecule has 40 heavy (non-hydrogen) atoms. The average molecular weight is 563 g/mol. The van der Waals surface area contributed by atoms with Crippen molar-refractivity contribution >= 4 is 23.6 Å². The second-order valence-electron chi connectivity index (χ2n) is 9.82. The van der Waals surface area contributed by atoms with Crippen molar-refractivity contribution in [2.45, 2.75) is 44.6 Å². The maximum absolute atomic E-state index is 13.0. The molecule has 0 unspecified atom stereocenters. The summed E-state index contributed by atoms with van der Waals surface area (Å²) in [7, 11) is -1.87. The first-order chi connectivity index (χ1) is 18.8. The molecule has 1 atom stereocenters. The van der Waals surface area contributed by atoms with E-state index in [4.69, 9.17) is 14.5 Å². The summed E-state index contributed by atoms with van der Waals surface area (Å²) in [4.78, 5) is 2.47. The molecule has 1 fully saturated rings. The highest BCUT2D eigenvalue weighted by molar-refractivity contribution is 6.58. The number of hydrogen-bond donors (Lipinski definition) is 2. The summed E-state index contributed by atoms with van der Waals surface area (Å²) in [6, 6.07) is 17.5. The fourth-order valence-corrected chi connectivity index (χ4v) is 4.73. The Balaban J connectivity index is 0.000000240. The Labute approximate surface area is 228 Å². The molecule has 1 aliphatic rings. The van der Waals surface area contributed by atoms with E-state index in [0.717, 1.165) is 60.0 Å². The van der Waals surface area contributed by atoms with Crippen molar-refractivity contribution in [2.75, 3.05) is 13.1 Å². The van der Waals surface area contributed by atoms with E-state index >= 15 is 0 Å². The van der Waals surface area contributed by atoms with Gasteiger partial charge in [0, 0.05) is 24.4 Å². The zero-order chi connectivity index (χ0) is 29.1. The van der Waals surface area contributed by atoms with Crippen LogP contribution in [0.4, 0.5) is 26.3 Å². The van der Waals surface area contributed by atoms with Gasteiger partial charge < -0.3 is 19.4 Å². The number of hydrogen-bond acceptors (Lipinski definition) is 4. The SMILES string of the molecule is C[C@@H]1CCCN1CCc1cc2cc(-c3cccc(C(F)(F)F)c3)ccc2o1.OB(O)c1cccc(C(F)(F)F)c1. The number of fused-ring (bicyclic) bond motifs is 1. The Morgan fingerprint density at radius 1 is 0.850 bits per heavy atom. The highest BCUT2D eigenvalue weighted by atomic mass is 19.4. The molecule has 1 aromatic heterocycles. The van der Waals surface area contributed by atoms with Crippen molar-refractivity contribution < 1.29 is 40.8 Å². The van der Waals surface area contributed by atoms with Gasteiger partial charge in [-0.3, -0.25) is 0 Å². The van der Waals surface area contributed by atoms with Gasteiger partial charge in [0.2, 0.25) is 0 Å². The maximum Gasteiger partial charge on any atom is 0.488 e. The van der Waals surface area contributed by atoms with E-state index in [0.29, 0.717) is 17.7 Å². The Morgan fingerprint density at radius 2 is 1.50 bits per heavy atom. The summed E-state index contributed by atoms with van der Waals surface area (Å²) < 4.78 is 81.0. The van der Waals surface area contributed by atoms with Gasteiger partial charge in [-0.1, -0.05) is 42.5 Å². The lowest BCUT2D eigenvalue weighted by molar-refractivity contribution is -0.138. The lowest BCUT2D eigenvalue weighted by Gasteiger charge is -2.19. The average Bonchev–Trinajstić information content (AvgIpc) is 3.51. The lowest BCUT2D eigenvalue weighted by Crippen LogP contribution is -2.30. The number of benzene rings is 3. The second kappa shape index (κ2) is 12.1. The molecule has 0 amide bonds. The van der Waals surface area contributed by atoms with E-state index in [1.165, 1.54) is 31.0 Å². The molecule has 0 saturated carbocycles. The van der Waals surface area contributed by atoms with Crippen LogP contribution in [0.15, 0.2) is 77.2 Å². The van der Waals surface area contributed by atoms with Crippen LogP contribution >= 0.6 is 0 Å². The van der Waals surface area contributed by atoms with Gasteiger partial charge in [-0.15, -0.1) is 0 Å². The van der Waals surface area contributed by atoms with Crippen LogP contribution in [0.1, 0.15) is 36.7 Å². The van der Waals surface area contributed by atoms with Gasteiger partial charge in [0.05, 0.1) is 11.1 Å². The third-order valence-electron chi connectivity index (χ3n) is 6.94. The number of nitrogens with zero attached hydrogens (tertiary/aromatic N) is 1. The molecule has 2 heterocycles. The monoisotopic (exact) mass is 563 g/mol. The van der Waals surface area contributed by atoms with Crippen molar-refractivity contribution in [3.63, 3.8) is 0 Å². The van der Waals surface area contributed by atoms with Crippen LogP contribution < -0.4 is 5.46 Å². The third-order valence-corrected chi connectivity index (χ3v) is 6.94. The normalized spacial score (nSPS) is 16.2. The number of rotatable bonds is 5. The van der Waals surface area contributed by atoms with Crippen molar-refractivity contribution in [1.82, 2.24) is 4.90 Å². The van der Waals surface area contributed by atoms with Crippen LogP contribution in [0.2, 0.25) is 0 Å². The second-order valence-corrected chi connectivity index (χ2v) is 9.82. The van der Waals surface area contributed by atoms with Gasteiger partial charge in [-0.05, 0) is 73.2 Å². The summed E-state index contributed by atoms with van der Waals surface area (Å²) >= 11 is 0. The first-order valence-corrected chi connectivity index (χ1v) is 12.8. The van der Waals surface area contributed by atoms with Crippen molar-refractivity contribution in [1.29, 1.82) is 0 Å². The van der Waals surface area contributed by atoms with Gasteiger partial charge in [-0.2, -0.15) is 26.3 Å². The molecule has 4 aromatic rings. The van der Waals surface area contributed by atoms with E-state index < -0.39 is 30.6 Å². The molecule has 2 N–H and O–H groups in total. The van der Waals surface area contributed by atoms with Crippen LogP contribution in [0.25, 0.3) is 22.1 Å². The van der Waals surface area contributed by atoms with Gasteiger partial charge in [0.15, 0.2) is 0 Å². The third kappa shape index (κ3) is 7.47. The highest BCUT2D eigenvalue weighted by Gasteiger charge is 2.31. The Hall–Kier alpha value is -3.28. The van der Waals surface area contributed by atoms with Crippen LogP contribution in [0.5, 0.6) is 0 Å². The summed E-state index contributed by atoms with van der Waals surface area (Å²) in [5.41, 5.74) is 0.394. The molecular weight excluding hydrogens is 535 g/mol. The molecule has 0 radical (unpaired) electrons. The largest absolute Gasteiger partial charge is 0.488 e. The summed E-state index contributed by atoms with van der Waals surface area (Å²) in [6.45, 7) is 4.37. The van der Waals surface area contributed by atoms with Crippen LogP contribution in [0.3, 0.4) is 0 Å². The standard InChI is InChI=1S/C22H22F3NO.C7H6BF3O2/c1-15-4-3-10-26(15)11-9-20-14-18-12-17(7-8-21(18)27-20)16-5-2-6-19(13-16)22(23,24)25;9-7(10,11)5-2-1-3-6(4-5)8(12)13/h2,5-8,12-15H,3-4,9-11H2,1H3;1-4,12-13H/t15-;/m1./s1. The molecule has 4 nitrogen and oxygen atoms in total. The van der Waals surface area contributed by atoms with Gasteiger partial charge in [0.1, 0.15) is 11.3 Å². The minimum Gasteiger partial charge on any atom is -0.461 e. The maximum atomic E-state index is 13.0. The topological polar surface area (TPSA) is 56.8 Å². The number of alkyl halides is 6.